The molecule has 0 aromatic rings. The highest BCUT2D eigenvalue weighted by Gasteiger charge is 2.32. The van der Waals surface area contributed by atoms with Gasteiger partial charge < -0.3 is 37.6 Å². The van der Waals surface area contributed by atoms with E-state index in [2.05, 4.69) is 16.0 Å². The van der Waals surface area contributed by atoms with E-state index in [9.17, 15) is 24.0 Å². The van der Waals surface area contributed by atoms with Gasteiger partial charge in [-0.2, -0.15) is 11.8 Å². The van der Waals surface area contributed by atoms with E-state index >= 15 is 0 Å². The van der Waals surface area contributed by atoms with Crippen LogP contribution in [0.1, 0.15) is 46.0 Å². The third-order valence-corrected chi connectivity index (χ3v) is 5.43. The van der Waals surface area contributed by atoms with E-state index in [0.29, 0.717) is 25.1 Å². The van der Waals surface area contributed by atoms with Crippen LogP contribution in [0.5, 0.6) is 0 Å². The van der Waals surface area contributed by atoms with E-state index in [1.54, 1.807) is 13.8 Å². The molecule has 3 amide bonds. The fraction of sp³-hybridized carbons (Fsp3) is 0.750. The van der Waals surface area contributed by atoms with Crippen molar-refractivity contribution in [3.63, 3.8) is 0 Å². The fourth-order valence-electron chi connectivity index (χ4n) is 2.85. The molecule has 0 fully saturated rings. The number of carboxylic acids is 2. The molecule has 0 heterocycles. The van der Waals surface area contributed by atoms with E-state index in [1.807, 2.05) is 6.26 Å². The molecule has 0 rings (SSSR count). The monoisotopic (exact) mass is 491 g/mol. The van der Waals surface area contributed by atoms with E-state index in [-0.39, 0.29) is 6.42 Å². The third-order valence-electron chi connectivity index (χ3n) is 4.79. The number of rotatable bonds is 17. The molecule has 9 N–H and O–H groups in total. The molecule has 0 aliphatic rings. The molecule has 12 nitrogen and oxygen atoms in total. The second kappa shape index (κ2) is 16.3. The second-order valence-corrected chi connectivity index (χ2v) is 8.95. The summed E-state index contributed by atoms with van der Waals surface area (Å²) in [5, 5.41) is 25.3. The number of hydrogen-bond donors (Lipinski definition) is 7. The van der Waals surface area contributed by atoms with E-state index in [4.69, 9.17) is 21.7 Å². The lowest BCUT2D eigenvalue weighted by molar-refractivity contribution is -0.147. The standard InChI is InChI=1S/C20H37N5O7S/c1-11(2)16(19(30)24-14(20(31)32)10-15(26)27)25-18(29)13(7-9-33-3)23-17(28)12(22)6-4-5-8-21/h11-14,16H,4-10,21-22H2,1-3H3,(H,23,28)(H,24,30)(H,25,29)(H,26,27)(H,31,32). The fourth-order valence-corrected chi connectivity index (χ4v) is 3.32. The Morgan fingerprint density at radius 2 is 1.48 bits per heavy atom. The first-order chi connectivity index (χ1) is 15.4. The van der Waals surface area contributed by atoms with E-state index in [0.717, 1.165) is 6.42 Å². The van der Waals surface area contributed by atoms with Gasteiger partial charge in [-0.05, 0) is 43.7 Å². The Kier molecular flexibility index (Phi) is 15.1. The van der Waals surface area contributed by atoms with Crippen molar-refractivity contribution < 1.29 is 34.2 Å². The van der Waals surface area contributed by atoms with Gasteiger partial charge in [-0.25, -0.2) is 4.79 Å². The van der Waals surface area contributed by atoms with Crippen molar-refractivity contribution in [2.24, 2.45) is 17.4 Å². The normalized spacial score (nSPS) is 14.6. The Hall–Kier alpha value is -2.38. The minimum atomic E-state index is -1.65. The Morgan fingerprint density at radius 1 is 0.879 bits per heavy atom. The average Bonchev–Trinajstić information content (AvgIpc) is 2.73. The van der Waals surface area contributed by atoms with Crippen molar-refractivity contribution in [1.29, 1.82) is 0 Å². The van der Waals surface area contributed by atoms with Gasteiger partial charge in [0.2, 0.25) is 17.7 Å². The lowest BCUT2D eigenvalue weighted by atomic mass is 10.0. The Balaban J connectivity index is 5.31. The minimum Gasteiger partial charge on any atom is -0.481 e. The second-order valence-electron chi connectivity index (χ2n) is 7.96. The van der Waals surface area contributed by atoms with Crippen LogP contribution in [0.25, 0.3) is 0 Å². The summed E-state index contributed by atoms with van der Waals surface area (Å²) >= 11 is 1.47. The number of nitrogens with two attached hydrogens (primary N) is 2. The summed E-state index contributed by atoms with van der Waals surface area (Å²) < 4.78 is 0. The summed E-state index contributed by atoms with van der Waals surface area (Å²) in [5.41, 5.74) is 11.3. The molecule has 0 aliphatic heterocycles. The van der Waals surface area contributed by atoms with Gasteiger partial charge in [0.1, 0.15) is 18.1 Å². The van der Waals surface area contributed by atoms with Gasteiger partial charge in [0.05, 0.1) is 12.5 Å². The zero-order valence-electron chi connectivity index (χ0n) is 19.3. The molecule has 0 spiro atoms. The molecule has 0 bridgehead atoms. The first-order valence-electron chi connectivity index (χ1n) is 10.7. The average molecular weight is 492 g/mol. The number of hydrogen-bond acceptors (Lipinski definition) is 8. The Morgan fingerprint density at radius 3 is 1.97 bits per heavy atom. The number of carbonyl (C=O) groups is 5. The minimum absolute atomic E-state index is 0.289. The van der Waals surface area contributed by atoms with Crippen LogP contribution in [0.2, 0.25) is 0 Å². The molecule has 4 atom stereocenters. The molecule has 13 heteroatoms. The maximum atomic E-state index is 12.9. The van der Waals surface area contributed by atoms with Gasteiger partial charge in [0, 0.05) is 0 Å². The summed E-state index contributed by atoms with van der Waals surface area (Å²) in [6, 6.07) is -4.54. The molecular weight excluding hydrogens is 454 g/mol. The van der Waals surface area contributed by atoms with Gasteiger partial charge in [-0.3, -0.25) is 19.2 Å². The largest absolute Gasteiger partial charge is 0.481 e. The van der Waals surface area contributed by atoms with E-state index < -0.39 is 66.2 Å². The lowest BCUT2D eigenvalue weighted by Gasteiger charge is -2.27. The molecule has 0 saturated heterocycles. The molecule has 0 aromatic carbocycles. The van der Waals surface area contributed by atoms with Gasteiger partial charge in [0.15, 0.2) is 0 Å². The molecule has 0 radical (unpaired) electrons. The maximum Gasteiger partial charge on any atom is 0.326 e. The number of nitrogens with one attached hydrogen (secondary N) is 3. The lowest BCUT2D eigenvalue weighted by Crippen LogP contribution is -2.58. The van der Waals surface area contributed by atoms with Crippen LogP contribution in [0.15, 0.2) is 0 Å². The van der Waals surface area contributed by atoms with Gasteiger partial charge in [-0.1, -0.05) is 20.3 Å². The summed E-state index contributed by atoms with van der Waals surface area (Å²) in [5.74, 6) is -4.73. The summed E-state index contributed by atoms with van der Waals surface area (Å²) in [6.07, 6.45) is 3.13. The number of unbranched alkanes of at least 4 members (excludes halogenated alkanes) is 1. The number of carbonyl (C=O) groups excluding carboxylic acids is 3. The van der Waals surface area contributed by atoms with Crippen LogP contribution in [0.4, 0.5) is 0 Å². The topological polar surface area (TPSA) is 214 Å². The van der Waals surface area contributed by atoms with Crippen molar-refractivity contribution in [2.45, 2.75) is 70.1 Å². The van der Waals surface area contributed by atoms with Crippen molar-refractivity contribution in [3.8, 4) is 0 Å². The predicted octanol–water partition coefficient (Wildman–Crippen LogP) is -1.13. The van der Waals surface area contributed by atoms with Crippen molar-refractivity contribution >= 4 is 41.4 Å². The Labute approximate surface area is 198 Å². The number of aliphatic carboxylic acids is 2. The van der Waals surface area contributed by atoms with Crippen molar-refractivity contribution in [2.75, 3.05) is 18.6 Å². The highest BCUT2D eigenvalue weighted by Crippen LogP contribution is 2.08. The van der Waals surface area contributed by atoms with Crippen LogP contribution >= 0.6 is 11.8 Å². The molecular formula is C20H37N5O7S. The Bertz CT molecular complexity index is 677. The summed E-state index contributed by atoms with van der Waals surface area (Å²) in [6.45, 7) is 3.77. The molecule has 0 aliphatic carbocycles. The zero-order chi connectivity index (χ0) is 25.6. The summed E-state index contributed by atoms with van der Waals surface area (Å²) in [7, 11) is 0. The molecule has 33 heavy (non-hydrogen) atoms. The molecule has 190 valence electrons. The van der Waals surface area contributed by atoms with E-state index in [1.165, 1.54) is 11.8 Å². The van der Waals surface area contributed by atoms with Crippen LogP contribution in [0.3, 0.4) is 0 Å². The van der Waals surface area contributed by atoms with Gasteiger partial charge >= 0.3 is 11.9 Å². The maximum absolute atomic E-state index is 12.9. The molecule has 0 saturated carbocycles. The zero-order valence-corrected chi connectivity index (χ0v) is 20.2. The smallest absolute Gasteiger partial charge is 0.326 e. The highest BCUT2D eigenvalue weighted by atomic mass is 32.2. The number of thioether (sulfide) groups is 1. The van der Waals surface area contributed by atoms with Crippen LogP contribution in [-0.4, -0.2) is 82.6 Å². The van der Waals surface area contributed by atoms with Crippen molar-refractivity contribution in [3.05, 3.63) is 0 Å². The molecule has 0 aromatic heterocycles. The van der Waals surface area contributed by atoms with Gasteiger partial charge in [-0.15, -0.1) is 0 Å². The quantitative estimate of drug-likeness (QED) is 0.121. The SMILES string of the molecule is CSCCC(NC(=O)C(N)CCCCN)C(=O)NC(C(=O)NC(CC(=O)O)C(=O)O)C(C)C. The van der Waals surface area contributed by atoms with Crippen LogP contribution in [0, 0.1) is 5.92 Å². The van der Waals surface area contributed by atoms with Crippen molar-refractivity contribution in [1.82, 2.24) is 16.0 Å². The van der Waals surface area contributed by atoms with Gasteiger partial charge in [0.25, 0.3) is 0 Å². The number of amides is 3. The highest BCUT2D eigenvalue weighted by molar-refractivity contribution is 7.98. The number of carboxylic acid groups (broad SMARTS) is 2. The first-order valence-corrected chi connectivity index (χ1v) is 12.1. The molecule has 4 unspecified atom stereocenters. The third kappa shape index (κ3) is 12.4. The summed E-state index contributed by atoms with van der Waals surface area (Å²) in [4.78, 5) is 60.1. The first kappa shape index (κ1) is 30.6. The van der Waals surface area contributed by atoms with Crippen LogP contribution in [-0.2, 0) is 24.0 Å². The predicted molar refractivity (Wildman–Crippen MR) is 124 cm³/mol. The van der Waals surface area contributed by atoms with Crippen LogP contribution < -0.4 is 27.4 Å².